The van der Waals surface area contributed by atoms with Crippen molar-refractivity contribution in [1.29, 1.82) is 0 Å². The van der Waals surface area contributed by atoms with Gasteiger partial charge < -0.3 is 5.32 Å². The van der Waals surface area contributed by atoms with Crippen LogP contribution in [0.5, 0.6) is 0 Å². The van der Waals surface area contributed by atoms with Crippen molar-refractivity contribution in [2.24, 2.45) is 11.3 Å². The number of hydrogen-bond donors (Lipinski definition) is 1. The molecule has 0 aliphatic heterocycles. The third-order valence-corrected chi connectivity index (χ3v) is 4.74. The van der Waals surface area contributed by atoms with Gasteiger partial charge in [0.2, 0.25) is 0 Å². The highest BCUT2D eigenvalue weighted by atomic mass is 79.9. The topological polar surface area (TPSA) is 24.9 Å². The third kappa shape index (κ3) is 3.58. The summed E-state index contributed by atoms with van der Waals surface area (Å²) in [7, 11) is 0. The zero-order valence-electron chi connectivity index (χ0n) is 12.7. The van der Waals surface area contributed by atoms with Gasteiger partial charge in [-0.3, -0.25) is 4.98 Å². The molecule has 0 fully saturated rings. The molecule has 0 radical (unpaired) electrons. The predicted molar refractivity (Wildman–Crippen MR) is 89.8 cm³/mol. The maximum Gasteiger partial charge on any atom is 0.0758 e. The van der Waals surface area contributed by atoms with E-state index in [2.05, 4.69) is 72.1 Å². The van der Waals surface area contributed by atoms with E-state index >= 15 is 0 Å². The van der Waals surface area contributed by atoms with Gasteiger partial charge in [-0.2, -0.15) is 0 Å². The molecule has 1 aromatic carbocycles. The summed E-state index contributed by atoms with van der Waals surface area (Å²) in [6.45, 7) is 11.0. The molecule has 20 heavy (non-hydrogen) atoms. The summed E-state index contributed by atoms with van der Waals surface area (Å²) in [6, 6.07) is 8.34. The van der Waals surface area contributed by atoms with Gasteiger partial charge in [0, 0.05) is 22.6 Å². The monoisotopic (exact) mass is 334 g/mol. The van der Waals surface area contributed by atoms with Crippen LogP contribution < -0.4 is 5.32 Å². The standard InChI is InChI=1S/C17H23BrN2/c1-12(17(2,3)4)10-19-11-13-7-8-15(18)14-6-5-9-20-16(13)14/h5-9,12,19H,10-11H2,1-4H3. The van der Waals surface area contributed by atoms with Crippen molar-refractivity contribution in [3.63, 3.8) is 0 Å². The molecule has 0 aliphatic carbocycles. The van der Waals surface area contributed by atoms with E-state index in [1.54, 1.807) is 0 Å². The Kier molecular flexibility index (Phi) is 4.82. The Hall–Kier alpha value is -0.930. The molecule has 1 aromatic heterocycles. The first-order valence-corrected chi connectivity index (χ1v) is 7.91. The molecule has 0 spiro atoms. The lowest BCUT2D eigenvalue weighted by atomic mass is 9.82. The van der Waals surface area contributed by atoms with Crippen molar-refractivity contribution in [2.75, 3.05) is 6.54 Å². The number of halogens is 1. The molecule has 0 amide bonds. The van der Waals surface area contributed by atoms with Gasteiger partial charge in [-0.15, -0.1) is 0 Å². The molecule has 2 rings (SSSR count). The average Bonchev–Trinajstić information content (AvgIpc) is 2.40. The third-order valence-electron chi connectivity index (χ3n) is 4.04. The van der Waals surface area contributed by atoms with Gasteiger partial charge in [-0.1, -0.05) is 55.8 Å². The Morgan fingerprint density at radius 1 is 1.25 bits per heavy atom. The first kappa shape index (κ1) is 15.5. The minimum absolute atomic E-state index is 0.340. The van der Waals surface area contributed by atoms with E-state index in [1.165, 1.54) is 10.9 Å². The summed E-state index contributed by atoms with van der Waals surface area (Å²) in [6.07, 6.45) is 1.86. The number of pyridine rings is 1. The first-order valence-electron chi connectivity index (χ1n) is 7.12. The van der Waals surface area contributed by atoms with Gasteiger partial charge in [0.05, 0.1) is 5.52 Å². The number of fused-ring (bicyclic) bond motifs is 1. The van der Waals surface area contributed by atoms with E-state index in [4.69, 9.17) is 0 Å². The molecule has 1 heterocycles. The number of aromatic nitrogens is 1. The Bertz CT molecular complexity index is 587. The summed E-state index contributed by atoms with van der Waals surface area (Å²) in [5.41, 5.74) is 2.68. The van der Waals surface area contributed by atoms with Crippen LogP contribution in [0.2, 0.25) is 0 Å². The Labute approximate surface area is 130 Å². The summed E-state index contributed by atoms with van der Waals surface area (Å²) >= 11 is 3.59. The quantitative estimate of drug-likeness (QED) is 0.871. The first-order chi connectivity index (χ1) is 9.39. The highest BCUT2D eigenvalue weighted by Gasteiger charge is 2.19. The molecule has 0 saturated carbocycles. The van der Waals surface area contributed by atoms with Crippen LogP contribution in [-0.4, -0.2) is 11.5 Å². The lowest BCUT2D eigenvalue weighted by Gasteiger charge is -2.27. The molecular formula is C17H23BrN2. The predicted octanol–water partition coefficient (Wildman–Crippen LogP) is 4.77. The van der Waals surface area contributed by atoms with E-state index in [-0.39, 0.29) is 0 Å². The van der Waals surface area contributed by atoms with Crippen molar-refractivity contribution >= 4 is 26.8 Å². The van der Waals surface area contributed by atoms with E-state index in [1.807, 2.05) is 12.3 Å². The molecular weight excluding hydrogens is 312 g/mol. The number of hydrogen-bond acceptors (Lipinski definition) is 2. The van der Waals surface area contributed by atoms with Crippen molar-refractivity contribution in [1.82, 2.24) is 10.3 Å². The van der Waals surface area contributed by atoms with Crippen molar-refractivity contribution < 1.29 is 0 Å². The number of nitrogens with one attached hydrogen (secondary N) is 1. The van der Waals surface area contributed by atoms with E-state index < -0.39 is 0 Å². The molecule has 1 N–H and O–H groups in total. The maximum atomic E-state index is 4.52. The van der Waals surface area contributed by atoms with E-state index in [9.17, 15) is 0 Å². The summed E-state index contributed by atoms with van der Waals surface area (Å²) in [5, 5.41) is 4.74. The molecule has 1 atom stereocenters. The molecule has 0 bridgehead atoms. The second-order valence-electron chi connectivity index (χ2n) is 6.50. The minimum atomic E-state index is 0.340. The molecule has 1 unspecified atom stereocenters. The fourth-order valence-corrected chi connectivity index (χ4v) is 2.52. The molecule has 108 valence electrons. The van der Waals surface area contributed by atoms with Gasteiger partial charge in [0.15, 0.2) is 0 Å². The molecule has 3 heteroatoms. The van der Waals surface area contributed by atoms with Crippen LogP contribution in [0.4, 0.5) is 0 Å². The highest BCUT2D eigenvalue weighted by molar-refractivity contribution is 9.10. The van der Waals surface area contributed by atoms with Gasteiger partial charge in [0.1, 0.15) is 0 Å². The van der Waals surface area contributed by atoms with Crippen LogP contribution >= 0.6 is 15.9 Å². The van der Waals surface area contributed by atoms with Crippen LogP contribution in [0.15, 0.2) is 34.9 Å². The summed E-state index contributed by atoms with van der Waals surface area (Å²) < 4.78 is 1.10. The molecule has 2 aromatic rings. The van der Waals surface area contributed by atoms with Crippen LogP contribution in [-0.2, 0) is 6.54 Å². The van der Waals surface area contributed by atoms with Crippen LogP contribution in [0.25, 0.3) is 10.9 Å². The summed E-state index contributed by atoms with van der Waals surface area (Å²) in [4.78, 5) is 4.52. The van der Waals surface area contributed by atoms with Gasteiger partial charge in [-0.25, -0.2) is 0 Å². The van der Waals surface area contributed by atoms with Crippen LogP contribution in [0.1, 0.15) is 33.3 Å². The Morgan fingerprint density at radius 3 is 2.70 bits per heavy atom. The smallest absolute Gasteiger partial charge is 0.0758 e. The van der Waals surface area contributed by atoms with Crippen molar-refractivity contribution in [3.8, 4) is 0 Å². The fourth-order valence-electron chi connectivity index (χ4n) is 2.07. The van der Waals surface area contributed by atoms with Crippen LogP contribution in [0.3, 0.4) is 0 Å². The van der Waals surface area contributed by atoms with Gasteiger partial charge in [-0.05, 0) is 35.6 Å². The number of benzene rings is 1. The Balaban J connectivity index is 2.10. The average molecular weight is 335 g/mol. The lowest BCUT2D eigenvalue weighted by molar-refractivity contribution is 0.252. The SMILES string of the molecule is CC(CNCc1ccc(Br)c2cccnc12)C(C)(C)C. The number of nitrogens with zero attached hydrogens (tertiary/aromatic N) is 1. The second-order valence-corrected chi connectivity index (χ2v) is 7.36. The van der Waals surface area contributed by atoms with E-state index in [0.717, 1.165) is 23.1 Å². The highest BCUT2D eigenvalue weighted by Crippen LogP contribution is 2.26. The normalized spacial score (nSPS) is 13.7. The second kappa shape index (κ2) is 6.23. The van der Waals surface area contributed by atoms with Crippen molar-refractivity contribution in [3.05, 3.63) is 40.5 Å². The van der Waals surface area contributed by atoms with E-state index in [0.29, 0.717) is 11.3 Å². The molecule has 2 nitrogen and oxygen atoms in total. The molecule has 0 aliphatic rings. The van der Waals surface area contributed by atoms with Gasteiger partial charge in [0.25, 0.3) is 0 Å². The number of rotatable bonds is 4. The maximum absolute atomic E-state index is 4.52. The fraction of sp³-hybridized carbons (Fsp3) is 0.471. The lowest BCUT2D eigenvalue weighted by Crippen LogP contribution is -2.29. The zero-order chi connectivity index (χ0) is 14.8. The molecule has 0 saturated heterocycles. The summed E-state index contributed by atoms with van der Waals surface area (Å²) in [5.74, 6) is 0.636. The minimum Gasteiger partial charge on any atom is -0.312 e. The van der Waals surface area contributed by atoms with Gasteiger partial charge >= 0.3 is 0 Å². The largest absolute Gasteiger partial charge is 0.312 e. The van der Waals surface area contributed by atoms with Crippen molar-refractivity contribution in [2.45, 2.75) is 34.2 Å². The Morgan fingerprint density at radius 2 is 2.00 bits per heavy atom. The van der Waals surface area contributed by atoms with Crippen LogP contribution in [0, 0.1) is 11.3 Å². The zero-order valence-corrected chi connectivity index (χ0v) is 14.3.